The van der Waals surface area contributed by atoms with Crippen LogP contribution in [-0.2, 0) is 11.3 Å². The largest absolute Gasteiger partial charge is 0.480 e. The molecule has 0 unspecified atom stereocenters. The molecule has 5 nitrogen and oxygen atoms in total. The van der Waals surface area contributed by atoms with Gasteiger partial charge in [0.2, 0.25) is 0 Å². The van der Waals surface area contributed by atoms with E-state index in [-0.39, 0.29) is 6.54 Å². The van der Waals surface area contributed by atoms with E-state index in [2.05, 4.69) is 10.00 Å². The van der Waals surface area contributed by atoms with E-state index in [1.165, 1.54) is 4.68 Å². The first-order chi connectivity index (χ1) is 6.69. The predicted molar refractivity (Wildman–Crippen MR) is 53.4 cm³/mol. The van der Waals surface area contributed by atoms with E-state index in [1.54, 1.807) is 6.20 Å². The van der Waals surface area contributed by atoms with Crippen molar-refractivity contribution >= 4 is 11.8 Å². The maximum absolute atomic E-state index is 10.5. The second-order valence-electron chi connectivity index (χ2n) is 2.91. The summed E-state index contributed by atoms with van der Waals surface area (Å²) in [6.07, 6.45) is 1.62. The molecule has 0 radical (unpaired) electrons. The Hall–Kier alpha value is -1.52. The molecule has 0 saturated heterocycles. The van der Waals surface area contributed by atoms with E-state index in [4.69, 9.17) is 5.11 Å². The number of nitrogens with zero attached hydrogens (tertiary/aromatic N) is 3. The molecule has 0 aliphatic carbocycles. The van der Waals surface area contributed by atoms with Gasteiger partial charge in [0.1, 0.15) is 12.4 Å². The molecule has 0 spiro atoms. The van der Waals surface area contributed by atoms with Gasteiger partial charge in [0.15, 0.2) is 0 Å². The van der Waals surface area contributed by atoms with Gasteiger partial charge in [-0.05, 0) is 13.8 Å². The van der Waals surface area contributed by atoms with E-state index in [0.29, 0.717) is 0 Å². The highest BCUT2D eigenvalue weighted by Gasteiger charge is 2.10. The molecular formula is C9H15N3O2. The third-order valence-corrected chi connectivity index (χ3v) is 2.07. The Morgan fingerprint density at radius 2 is 2.21 bits per heavy atom. The van der Waals surface area contributed by atoms with Crippen molar-refractivity contribution in [3.05, 3.63) is 12.3 Å². The van der Waals surface area contributed by atoms with Crippen molar-refractivity contribution in [2.24, 2.45) is 0 Å². The van der Waals surface area contributed by atoms with Crippen LogP contribution in [0.15, 0.2) is 12.3 Å². The molecule has 1 rings (SSSR count). The van der Waals surface area contributed by atoms with E-state index < -0.39 is 5.97 Å². The summed E-state index contributed by atoms with van der Waals surface area (Å²) in [6, 6.07) is 1.83. The average Bonchev–Trinajstić information content (AvgIpc) is 2.55. The highest BCUT2D eigenvalue weighted by atomic mass is 16.4. The van der Waals surface area contributed by atoms with Crippen LogP contribution in [0.25, 0.3) is 0 Å². The van der Waals surface area contributed by atoms with Crippen LogP contribution in [0.2, 0.25) is 0 Å². The zero-order valence-corrected chi connectivity index (χ0v) is 8.47. The van der Waals surface area contributed by atoms with Crippen molar-refractivity contribution in [1.29, 1.82) is 0 Å². The zero-order valence-electron chi connectivity index (χ0n) is 8.47. The topological polar surface area (TPSA) is 58.4 Å². The monoisotopic (exact) mass is 197 g/mol. The van der Waals surface area contributed by atoms with Gasteiger partial charge in [0.05, 0.1) is 6.20 Å². The first-order valence-electron chi connectivity index (χ1n) is 4.67. The molecule has 14 heavy (non-hydrogen) atoms. The molecule has 0 atom stereocenters. The smallest absolute Gasteiger partial charge is 0.325 e. The van der Waals surface area contributed by atoms with Crippen LogP contribution >= 0.6 is 0 Å². The number of carboxylic acids is 1. The summed E-state index contributed by atoms with van der Waals surface area (Å²) in [5.74, 6) is -0.0143. The number of anilines is 1. The van der Waals surface area contributed by atoms with Crippen molar-refractivity contribution < 1.29 is 9.90 Å². The summed E-state index contributed by atoms with van der Waals surface area (Å²) >= 11 is 0. The molecule has 0 aromatic carbocycles. The molecule has 0 amide bonds. The standard InChI is InChI=1S/C9H15N3O2/c1-3-11(4-2)8-5-6-10-12(8)7-9(13)14/h5-6H,3-4,7H2,1-2H3,(H,13,14). The fourth-order valence-electron chi connectivity index (χ4n) is 1.39. The van der Waals surface area contributed by atoms with Crippen LogP contribution in [0.4, 0.5) is 5.82 Å². The van der Waals surface area contributed by atoms with Gasteiger partial charge in [-0.2, -0.15) is 5.10 Å². The van der Waals surface area contributed by atoms with Crippen molar-refractivity contribution in [2.75, 3.05) is 18.0 Å². The Labute approximate surface area is 82.9 Å². The van der Waals surface area contributed by atoms with Crippen LogP contribution in [0.5, 0.6) is 0 Å². The molecular weight excluding hydrogens is 182 g/mol. The lowest BCUT2D eigenvalue weighted by Crippen LogP contribution is -2.26. The lowest BCUT2D eigenvalue weighted by atomic mass is 10.4. The van der Waals surface area contributed by atoms with Crippen molar-refractivity contribution in [2.45, 2.75) is 20.4 Å². The van der Waals surface area contributed by atoms with Crippen LogP contribution in [0, 0.1) is 0 Å². The Kier molecular flexibility index (Phi) is 3.50. The molecule has 0 bridgehead atoms. The zero-order chi connectivity index (χ0) is 10.6. The number of rotatable bonds is 5. The summed E-state index contributed by atoms with van der Waals surface area (Å²) in [4.78, 5) is 12.6. The molecule has 0 saturated carbocycles. The molecule has 1 aromatic heterocycles. The van der Waals surface area contributed by atoms with E-state index in [0.717, 1.165) is 18.9 Å². The first-order valence-corrected chi connectivity index (χ1v) is 4.67. The van der Waals surface area contributed by atoms with Crippen LogP contribution in [0.1, 0.15) is 13.8 Å². The van der Waals surface area contributed by atoms with E-state index in [9.17, 15) is 4.79 Å². The second-order valence-corrected chi connectivity index (χ2v) is 2.91. The minimum atomic E-state index is -0.873. The third kappa shape index (κ3) is 2.25. The minimum Gasteiger partial charge on any atom is -0.480 e. The summed E-state index contributed by atoms with van der Waals surface area (Å²) in [5, 5.41) is 12.6. The fraction of sp³-hybridized carbons (Fsp3) is 0.556. The summed E-state index contributed by atoms with van der Waals surface area (Å²) in [6.45, 7) is 5.67. The molecule has 5 heteroatoms. The van der Waals surface area contributed by atoms with E-state index >= 15 is 0 Å². The normalized spacial score (nSPS) is 10.1. The van der Waals surface area contributed by atoms with Crippen LogP contribution < -0.4 is 4.90 Å². The number of aromatic nitrogens is 2. The number of hydrogen-bond donors (Lipinski definition) is 1. The van der Waals surface area contributed by atoms with Gasteiger partial charge in [-0.3, -0.25) is 4.79 Å². The van der Waals surface area contributed by atoms with Gasteiger partial charge in [0.25, 0.3) is 0 Å². The maximum atomic E-state index is 10.5. The molecule has 1 aromatic rings. The number of carboxylic acid groups (broad SMARTS) is 1. The highest BCUT2D eigenvalue weighted by Crippen LogP contribution is 2.12. The first kappa shape index (κ1) is 10.6. The van der Waals surface area contributed by atoms with Gasteiger partial charge >= 0.3 is 5.97 Å². The van der Waals surface area contributed by atoms with Gasteiger partial charge in [-0.25, -0.2) is 4.68 Å². The van der Waals surface area contributed by atoms with Gasteiger partial charge in [0, 0.05) is 19.2 Å². The maximum Gasteiger partial charge on any atom is 0.325 e. The van der Waals surface area contributed by atoms with Gasteiger partial charge < -0.3 is 10.0 Å². The number of hydrogen-bond acceptors (Lipinski definition) is 3. The molecule has 78 valence electrons. The summed E-state index contributed by atoms with van der Waals surface area (Å²) in [5.41, 5.74) is 0. The van der Waals surface area contributed by atoms with Crippen molar-refractivity contribution in [1.82, 2.24) is 9.78 Å². The Balaban J connectivity index is 2.85. The number of aliphatic carboxylic acids is 1. The SMILES string of the molecule is CCN(CC)c1ccnn1CC(=O)O. The second kappa shape index (κ2) is 4.64. The minimum absolute atomic E-state index is 0.0845. The number of carbonyl (C=O) groups is 1. The average molecular weight is 197 g/mol. The molecule has 0 aliphatic rings. The van der Waals surface area contributed by atoms with Crippen molar-refractivity contribution in [3.8, 4) is 0 Å². The molecule has 1 heterocycles. The quantitative estimate of drug-likeness (QED) is 0.759. The Morgan fingerprint density at radius 1 is 1.57 bits per heavy atom. The molecule has 0 aliphatic heterocycles. The van der Waals surface area contributed by atoms with Crippen molar-refractivity contribution in [3.63, 3.8) is 0 Å². The molecule has 1 N–H and O–H groups in total. The lowest BCUT2D eigenvalue weighted by Gasteiger charge is -2.20. The molecule has 0 fully saturated rings. The summed E-state index contributed by atoms with van der Waals surface area (Å²) in [7, 11) is 0. The Bertz CT molecular complexity index is 305. The third-order valence-electron chi connectivity index (χ3n) is 2.07. The van der Waals surface area contributed by atoms with Gasteiger partial charge in [-0.15, -0.1) is 0 Å². The fourth-order valence-corrected chi connectivity index (χ4v) is 1.39. The lowest BCUT2D eigenvalue weighted by molar-refractivity contribution is -0.137. The summed E-state index contributed by atoms with van der Waals surface area (Å²) < 4.78 is 1.50. The van der Waals surface area contributed by atoms with Crippen LogP contribution in [0.3, 0.4) is 0 Å². The predicted octanol–water partition coefficient (Wildman–Crippen LogP) is 0.814. The highest BCUT2D eigenvalue weighted by molar-refractivity contribution is 5.67. The van der Waals surface area contributed by atoms with E-state index in [1.807, 2.05) is 19.9 Å². The van der Waals surface area contributed by atoms with Gasteiger partial charge in [-0.1, -0.05) is 0 Å². The van der Waals surface area contributed by atoms with Crippen LogP contribution in [-0.4, -0.2) is 33.9 Å². The Morgan fingerprint density at radius 3 is 2.71 bits per heavy atom.